The minimum absolute atomic E-state index is 0.0280. The number of carbonyl (C=O) groups is 1. The zero-order valence-corrected chi connectivity index (χ0v) is 12.7. The van der Waals surface area contributed by atoms with Crippen LogP contribution in [0, 0.1) is 11.8 Å². The molecule has 0 saturated heterocycles. The molecule has 1 fully saturated rings. The SMILES string of the molecule is CCC(NC(=O)C1CCCC1CN)c1cccc(Cl)c1. The van der Waals surface area contributed by atoms with E-state index in [-0.39, 0.29) is 17.9 Å². The van der Waals surface area contributed by atoms with Crippen molar-refractivity contribution in [3.8, 4) is 0 Å². The van der Waals surface area contributed by atoms with E-state index in [2.05, 4.69) is 12.2 Å². The van der Waals surface area contributed by atoms with Crippen molar-refractivity contribution in [2.45, 2.75) is 38.6 Å². The summed E-state index contributed by atoms with van der Waals surface area (Å²) in [5.41, 5.74) is 6.82. The first kappa shape index (κ1) is 15.3. The minimum atomic E-state index is 0.0280. The Balaban J connectivity index is 2.04. The van der Waals surface area contributed by atoms with Gasteiger partial charge in [-0.15, -0.1) is 0 Å². The summed E-state index contributed by atoms with van der Waals surface area (Å²) in [6, 6.07) is 7.73. The van der Waals surface area contributed by atoms with Crippen molar-refractivity contribution in [2.24, 2.45) is 17.6 Å². The fraction of sp³-hybridized carbons (Fsp3) is 0.562. The van der Waals surface area contributed by atoms with E-state index in [1.807, 2.05) is 24.3 Å². The van der Waals surface area contributed by atoms with Crippen molar-refractivity contribution in [2.75, 3.05) is 6.54 Å². The second-order valence-corrected chi connectivity index (χ2v) is 5.99. The van der Waals surface area contributed by atoms with Gasteiger partial charge < -0.3 is 11.1 Å². The molecular weight excluding hydrogens is 272 g/mol. The van der Waals surface area contributed by atoms with Gasteiger partial charge in [0.25, 0.3) is 0 Å². The Morgan fingerprint density at radius 2 is 2.30 bits per heavy atom. The van der Waals surface area contributed by atoms with E-state index in [0.717, 1.165) is 31.2 Å². The zero-order valence-electron chi connectivity index (χ0n) is 11.9. The molecule has 3 unspecified atom stereocenters. The minimum Gasteiger partial charge on any atom is -0.349 e. The Bertz CT molecular complexity index is 464. The van der Waals surface area contributed by atoms with Crippen molar-refractivity contribution in [1.82, 2.24) is 5.32 Å². The van der Waals surface area contributed by atoms with Crippen LogP contribution < -0.4 is 11.1 Å². The summed E-state index contributed by atoms with van der Waals surface area (Å²) >= 11 is 6.03. The van der Waals surface area contributed by atoms with Gasteiger partial charge >= 0.3 is 0 Å². The van der Waals surface area contributed by atoms with Crippen molar-refractivity contribution in [1.29, 1.82) is 0 Å². The van der Waals surface area contributed by atoms with E-state index in [9.17, 15) is 4.79 Å². The van der Waals surface area contributed by atoms with E-state index in [4.69, 9.17) is 17.3 Å². The van der Waals surface area contributed by atoms with Gasteiger partial charge in [-0.05, 0) is 49.4 Å². The van der Waals surface area contributed by atoms with Crippen LogP contribution >= 0.6 is 11.6 Å². The molecule has 1 aromatic rings. The van der Waals surface area contributed by atoms with Crippen molar-refractivity contribution < 1.29 is 4.79 Å². The molecule has 110 valence electrons. The number of rotatable bonds is 5. The lowest BCUT2D eigenvalue weighted by Gasteiger charge is -2.23. The summed E-state index contributed by atoms with van der Waals surface area (Å²) in [5.74, 6) is 0.560. The number of nitrogens with one attached hydrogen (secondary N) is 1. The molecule has 0 heterocycles. The summed E-state index contributed by atoms with van der Waals surface area (Å²) < 4.78 is 0. The van der Waals surface area contributed by atoms with Gasteiger partial charge in [-0.1, -0.05) is 37.1 Å². The molecule has 2 rings (SSSR count). The summed E-state index contributed by atoms with van der Waals surface area (Å²) in [6.45, 7) is 2.67. The van der Waals surface area contributed by atoms with Crippen LogP contribution in [-0.4, -0.2) is 12.5 Å². The number of benzene rings is 1. The Hall–Kier alpha value is -1.06. The Morgan fingerprint density at radius 3 is 2.95 bits per heavy atom. The molecule has 3 N–H and O–H groups in total. The highest BCUT2D eigenvalue weighted by atomic mass is 35.5. The molecule has 1 aliphatic carbocycles. The van der Waals surface area contributed by atoms with Crippen molar-refractivity contribution in [3.63, 3.8) is 0 Å². The maximum absolute atomic E-state index is 12.4. The van der Waals surface area contributed by atoms with Gasteiger partial charge in [0.05, 0.1) is 6.04 Å². The zero-order chi connectivity index (χ0) is 14.5. The van der Waals surface area contributed by atoms with Crippen LogP contribution in [0.3, 0.4) is 0 Å². The first-order valence-corrected chi connectivity index (χ1v) is 7.79. The lowest BCUT2D eigenvalue weighted by atomic mass is 9.94. The van der Waals surface area contributed by atoms with E-state index in [1.165, 1.54) is 0 Å². The first-order valence-electron chi connectivity index (χ1n) is 7.41. The van der Waals surface area contributed by atoms with Crippen LogP contribution in [0.25, 0.3) is 0 Å². The van der Waals surface area contributed by atoms with Gasteiger partial charge in [-0.3, -0.25) is 4.79 Å². The Labute approximate surface area is 125 Å². The summed E-state index contributed by atoms with van der Waals surface area (Å²) in [7, 11) is 0. The largest absolute Gasteiger partial charge is 0.349 e. The molecule has 1 saturated carbocycles. The van der Waals surface area contributed by atoms with E-state index in [0.29, 0.717) is 17.5 Å². The Morgan fingerprint density at radius 1 is 1.50 bits per heavy atom. The normalized spacial score (nSPS) is 23.6. The lowest BCUT2D eigenvalue weighted by molar-refractivity contribution is -0.126. The van der Waals surface area contributed by atoms with Gasteiger partial charge in [0.15, 0.2) is 0 Å². The second-order valence-electron chi connectivity index (χ2n) is 5.56. The van der Waals surface area contributed by atoms with Gasteiger partial charge in [-0.2, -0.15) is 0 Å². The average molecular weight is 295 g/mol. The van der Waals surface area contributed by atoms with E-state index < -0.39 is 0 Å². The van der Waals surface area contributed by atoms with Gasteiger partial charge in [-0.25, -0.2) is 0 Å². The third kappa shape index (κ3) is 3.53. The molecular formula is C16H23ClN2O. The van der Waals surface area contributed by atoms with Gasteiger partial charge in [0, 0.05) is 10.9 Å². The molecule has 3 nitrogen and oxygen atoms in total. The number of nitrogens with two attached hydrogens (primary N) is 1. The van der Waals surface area contributed by atoms with Gasteiger partial charge in [0.2, 0.25) is 5.91 Å². The number of carbonyl (C=O) groups excluding carboxylic acids is 1. The number of halogens is 1. The molecule has 1 aromatic carbocycles. The van der Waals surface area contributed by atoms with Crippen LogP contribution in [0.4, 0.5) is 0 Å². The third-order valence-electron chi connectivity index (χ3n) is 4.27. The first-order chi connectivity index (χ1) is 9.65. The van der Waals surface area contributed by atoms with Crippen molar-refractivity contribution >= 4 is 17.5 Å². The molecule has 0 bridgehead atoms. The maximum atomic E-state index is 12.4. The highest BCUT2D eigenvalue weighted by molar-refractivity contribution is 6.30. The summed E-state index contributed by atoms with van der Waals surface area (Å²) in [6.07, 6.45) is 3.99. The summed E-state index contributed by atoms with van der Waals surface area (Å²) in [4.78, 5) is 12.4. The smallest absolute Gasteiger partial charge is 0.223 e. The molecule has 3 atom stereocenters. The average Bonchev–Trinajstić information content (AvgIpc) is 2.93. The third-order valence-corrected chi connectivity index (χ3v) is 4.51. The predicted octanol–water partition coefficient (Wildman–Crippen LogP) is 3.28. The van der Waals surface area contributed by atoms with Gasteiger partial charge in [0.1, 0.15) is 0 Å². The van der Waals surface area contributed by atoms with Crippen LogP contribution in [0.2, 0.25) is 5.02 Å². The highest BCUT2D eigenvalue weighted by Crippen LogP contribution is 2.32. The molecule has 0 spiro atoms. The van der Waals surface area contributed by atoms with Crippen LogP contribution in [0.5, 0.6) is 0 Å². The monoisotopic (exact) mass is 294 g/mol. The van der Waals surface area contributed by atoms with Crippen LogP contribution in [0.1, 0.15) is 44.2 Å². The molecule has 1 amide bonds. The predicted molar refractivity (Wildman–Crippen MR) is 82.5 cm³/mol. The number of amides is 1. The maximum Gasteiger partial charge on any atom is 0.223 e. The molecule has 1 aliphatic rings. The molecule has 4 heteroatoms. The van der Waals surface area contributed by atoms with Crippen LogP contribution in [-0.2, 0) is 4.79 Å². The summed E-state index contributed by atoms with van der Waals surface area (Å²) in [5, 5.41) is 3.87. The molecule has 20 heavy (non-hydrogen) atoms. The highest BCUT2D eigenvalue weighted by Gasteiger charge is 2.32. The lowest BCUT2D eigenvalue weighted by Crippen LogP contribution is -2.37. The number of hydrogen-bond donors (Lipinski definition) is 2. The fourth-order valence-corrected chi connectivity index (χ4v) is 3.29. The fourth-order valence-electron chi connectivity index (χ4n) is 3.09. The topological polar surface area (TPSA) is 55.1 Å². The van der Waals surface area contributed by atoms with Crippen molar-refractivity contribution in [3.05, 3.63) is 34.9 Å². The second kappa shape index (κ2) is 7.09. The quantitative estimate of drug-likeness (QED) is 0.875. The van der Waals surface area contributed by atoms with E-state index >= 15 is 0 Å². The van der Waals surface area contributed by atoms with E-state index in [1.54, 1.807) is 0 Å². The molecule has 0 aliphatic heterocycles. The van der Waals surface area contributed by atoms with Crippen LogP contribution in [0.15, 0.2) is 24.3 Å². The Kier molecular flexibility index (Phi) is 5.44. The molecule has 0 radical (unpaired) electrons. The standard InChI is InChI=1S/C16H23ClN2O/c1-2-15(11-5-3-7-13(17)9-11)19-16(20)14-8-4-6-12(14)10-18/h3,5,7,9,12,14-15H,2,4,6,8,10,18H2,1H3,(H,19,20). The number of hydrogen-bond acceptors (Lipinski definition) is 2. The molecule has 0 aromatic heterocycles.